The average molecular weight is 923 g/mol. The van der Waals surface area contributed by atoms with Crippen LogP contribution in [0.5, 0.6) is 0 Å². The fraction of sp³-hybridized carbons (Fsp3) is 0.556. The van der Waals surface area contributed by atoms with Gasteiger partial charge in [-0.1, -0.05) is 225 Å². The molecule has 0 heterocycles. The van der Waals surface area contributed by atoms with Gasteiger partial charge < -0.3 is 49.6 Å². The summed E-state index contributed by atoms with van der Waals surface area (Å²) in [7, 11) is 0. The molecule has 0 unspecified atom stereocenters. The molecule has 1 aliphatic carbocycles. The Morgan fingerprint density at radius 3 is 0.911 bits per heavy atom. The van der Waals surface area contributed by atoms with Crippen LogP contribution in [0.25, 0.3) is 10.8 Å². The van der Waals surface area contributed by atoms with Gasteiger partial charge in [0.25, 0.3) is 0 Å². The minimum Gasteiger partial charge on any atom is -0.394 e. The van der Waals surface area contributed by atoms with E-state index in [0.29, 0.717) is 11.8 Å². The van der Waals surface area contributed by atoms with Gasteiger partial charge in [0.2, 0.25) is 0 Å². The number of allylic oxidation sites excluding steroid dienone is 5. The molecule has 0 amide bonds. The van der Waals surface area contributed by atoms with Gasteiger partial charge in [-0.25, -0.2) is 0 Å². The summed E-state index contributed by atoms with van der Waals surface area (Å²) in [6.45, 7) is 60.6. The van der Waals surface area contributed by atoms with Crippen LogP contribution >= 0.6 is 0 Å². The van der Waals surface area contributed by atoms with Crippen molar-refractivity contribution < 1.29 is 65.4 Å². The summed E-state index contributed by atoms with van der Waals surface area (Å²) in [5.41, 5.74) is 3.91. The molecule has 56 heavy (non-hydrogen) atoms. The molecule has 322 valence electrons. The van der Waals surface area contributed by atoms with E-state index in [1.165, 1.54) is 48.6 Å². The second-order valence-electron chi connectivity index (χ2n) is 12.3. The predicted molar refractivity (Wildman–Crippen MR) is 259 cm³/mol. The maximum absolute atomic E-state index is 5.35. The van der Waals surface area contributed by atoms with Crippen LogP contribution in [0.1, 0.15) is 176 Å². The van der Waals surface area contributed by atoms with E-state index in [-0.39, 0.29) is 65.4 Å². The number of benzene rings is 3. The fourth-order valence-corrected chi connectivity index (χ4v) is 3.25. The molecule has 0 aromatic heterocycles. The topological polar surface area (TPSA) is 0 Å². The second kappa shape index (κ2) is 71.8. The zero-order chi connectivity index (χ0) is 44.3. The van der Waals surface area contributed by atoms with E-state index in [1.807, 2.05) is 96.9 Å². The van der Waals surface area contributed by atoms with Crippen LogP contribution in [-0.2, 0) is 78.3 Å². The van der Waals surface area contributed by atoms with Crippen molar-refractivity contribution in [2.45, 2.75) is 178 Å². The molecule has 2 heteroatoms. The van der Waals surface area contributed by atoms with Gasteiger partial charge in [-0.3, -0.25) is 0 Å². The first-order valence-electron chi connectivity index (χ1n) is 21.7. The summed E-state index contributed by atoms with van der Waals surface area (Å²) in [6.07, 6.45) is 13.0. The van der Waals surface area contributed by atoms with E-state index in [2.05, 4.69) is 134 Å². The first-order valence-corrected chi connectivity index (χ1v) is 21.7. The molecule has 0 aliphatic heterocycles. The van der Waals surface area contributed by atoms with Gasteiger partial charge in [0.15, 0.2) is 0 Å². The first kappa shape index (κ1) is 79.3. The molecule has 4 rings (SSSR count). The van der Waals surface area contributed by atoms with E-state index in [4.69, 9.17) is 19.7 Å². The molecule has 1 aliphatic rings. The van der Waals surface area contributed by atoms with Crippen LogP contribution in [0.2, 0.25) is 0 Å². The van der Waals surface area contributed by atoms with Gasteiger partial charge >= 0.3 is 0 Å². The number of rotatable bonds is 4. The average Bonchev–Trinajstić information content (AvgIpc) is 3.21. The monoisotopic (exact) mass is 923 g/mol. The van der Waals surface area contributed by atoms with Gasteiger partial charge in [0, 0.05) is 65.4 Å². The third-order valence-electron chi connectivity index (χ3n) is 5.30. The van der Waals surface area contributed by atoms with Crippen LogP contribution < -0.4 is 0 Å². The van der Waals surface area contributed by atoms with E-state index in [1.54, 1.807) is 17.2 Å². The van der Waals surface area contributed by atoms with Crippen LogP contribution in [-0.4, -0.2) is 0 Å². The molecule has 0 spiro atoms. The Labute approximate surface area is 407 Å². The van der Waals surface area contributed by atoms with Crippen molar-refractivity contribution in [2.24, 2.45) is 23.7 Å². The Morgan fingerprint density at radius 2 is 0.750 bits per heavy atom. The fourth-order valence-electron chi connectivity index (χ4n) is 3.25. The summed E-state index contributed by atoms with van der Waals surface area (Å²) in [5, 5.41) is 2.62. The van der Waals surface area contributed by atoms with Crippen molar-refractivity contribution in [3.8, 4) is 0 Å². The molecule has 0 N–H and O–H groups in total. The Kier molecular flexibility index (Phi) is 102. The zero-order valence-corrected chi connectivity index (χ0v) is 47.4. The van der Waals surface area contributed by atoms with E-state index in [0.717, 1.165) is 17.4 Å². The maximum Gasteiger partial charge on any atom is 0 e. The van der Waals surface area contributed by atoms with Crippen LogP contribution in [0.4, 0.5) is 0 Å². The minimum absolute atomic E-state index is 0. The Morgan fingerprint density at radius 1 is 0.500 bits per heavy atom. The second-order valence-corrected chi connectivity index (χ2v) is 12.3. The quantitative estimate of drug-likeness (QED) is 0.181. The molecule has 2 radical (unpaired) electrons. The molecule has 3 aromatic carbocycles. The van der Waals surface area contributed by atoms with Crippen molar-refractivity contribution in [2.75, 3.05) is 0 Å². The SMILES string of the molecule is CC.CC.CC.CC.CC.CC.CC(C)C.CC(C)C.[CH-]=CC(=[CH-])C(C)C.[CH-]=CC=[C-]C(C)C.[Y].[Y].c1ccc2c(c1)CCCC2.c1ccc2ccccc2c1. The van der Waals surface area contributed by atoms with Gasteiger partial charge in [-0.2, -0.15) is 0 Å². The van der Waals surface area contributed by atoms with Gasteiger partial charge in [-0.15, -0.1) is 11.8 Å². The van der Waals surface area contributed by atoms with E-state index >= 15 is 0 Å². The molecule has 3 aromatic rings. The molecule has 0 saturated heterocycles. The number of aryl methyl sites for hydroxylation is 2. The number of hydrogen-bond acceptors (Lipinski definition) is 0. The molecular formula is C54H96Y2-4. The summed E-state index contributed by atoms with van der Waals surface area (Å²) in [4.78, 5) is 0. The van der Waals surface area contributed by atoms with Crippen molar-refractivity contribution in [1.29, 1.82) is 0 Å². The standard InChI is InChI=1S/C10H12.C10H8.2C7H10.2C4H10.6C2H6.2Y/c2*1-2-6-10-8-4-3-7-9(10)5-1;1-5-7(4)6(2)3;1-4-5-6-7(2)3;2*1-4(2)3;6*1-2;;/h1-2,5-6H,3-4,7-8H2;1-8H;1,4-6H,2-3H3;1,4-5,7H,2-3H3;2*4H,1-3H3;6*1-2H3;;/q;;2*-2;;;;;;;;;;. The summed E-state index contributed by atoms with van der Waals surface area (Å²) in [5.74, 6) is 2.53. The predicted octanol–water partition coefficient (Wildman–Crippen LogP) is 18.9. The van der Waals surface area contributed by atoms with Crippen molar-refractivity contribution in [1.82, 2.24) is 0 Å². The third-order valence-corrected chi connectivity index (χ3v) is 5.30. The Hall–Kier alpha value is -0.912. The van der Waals surface area contributed by atoms with Gasteiger partial charge in [-0.05, 0) is 59.4 Å². The van der Waals surface area contributed by atoms with Crippen molar-refractivity contribution in [3.63, 3.8) is 0 Å². The van der Waals surface area contributed by atoms with Crippen molar-refractivity contribution >= 4 is 10.8 Å². The van der Waals surface area contributed by atoms with Crippen LogP contribution in [0.15, 0.2) is 96.6 Å². The largest absolute Gasteiger partial charge is 0.394 e. The molecule has 0 bridgehead atoms. The zero-order valence-electron chi connectivity index (χ0n) is 41.7. The van der Waals surface area contributed by atoms with Crippen molar-refractivity contribution in [3.05, 3.63) is 134 Å². The molecule has 0 nitrogen and oxygen atoms in total. The summed E-state index contributed by atoms with van der Waals surface area (Å²) in [6, 6.07) is 25.5. The Bertz CT molecular complexity index is 1020. The molecule has 0 fully saturated rings. The smallest absolute Gasteiger partial charge is 0 e. The van der Waals surface area contributed by atoms with Crippen LogP contribution in [0.3, 0.4) is 0 Å². The minimum atomic E-state index is 0. The summed E-state index contributed by atoms with van der Waals surface area (Å²) < 4.78 is 0. The Balaban J connectivity index is -0.0000000546. The first-order chi connectivity index (χ1) is 25.8. The number of hydrogen-bond donors (Lipinski definition) is 0. The van der Waals surface area contributed by atoms with E-state index < -0.39 is 0 Å². The molecule has 0 atom stereocenters. The third kappa shape index (κ3) is 70.9. The molecule has 0 saturated carbocycles. The molecular weight excluding hydrogens is 826 g/mol. The maximum atomic E-state index is 5.35. The normalized spacial score (nSPS) is 9.11. The summed E-state index contributed by atoms with van der Waals surface area (Å²) >= 11 is 0. The van der Waals surface area contributed by atoms with Gasteiger partial charge in [0.05, 0.1) is 0 Å². The van der Waals surface area contributed by atoms with Gasteiger partial charge in [0.1, 0.15) is 0 Å². The van der Waals surface area contributed by atoms with Crippen LogP contribution in [0, 0.1) is 49.5 Å². The van der Waals surface area contributed by atoms with E-state index in [9.17, 15) is 0 Å². The number of fused-ring (bicyclic) bond motifs is 2.